The van der Waals surface area contributed by atoms with E-state index in [2.05, 4.69) is 5.32 Å². The van der Waals surface area contributed by atoms with E-state index < -0.39 is 40.2 Å². The van der Waals surface area contributed by atoms with Crippen molar-refractivity contribution in [3.8, 4) is 0 Å². The van der Waals surface area contributed by atoms with Crippen LogP contribution < -0.4 is 9.62 Å². The fraction of sp³-hybridized carbons (Fsp3) is 0.417. The van der Waals surface area contributed by atoms with E-state index >= 15 is 0 Å². The van der Waals surface area contributed by atoms with Crippen molar-refractivity contribution < 1.29 is 26.8 Å². The van der Waals surface area contributed by atoms with E-state index in [0.717, 1.165) is 48.4 Å². The first-order valence-electron chi connectivity index (χ1n) is 11.0. The number of amides is 2. The maximum atomic E-state index is 13.8. The summed E-state index contributed by atoms with van der Waals surface area (Å²) in [5, 5.41) is 2.79. The number of hydrogen-bond donors (Lipinski definition) is 1. The first-order valence-corrected chi connectivity index (χ1v) is 12.8. The predicted molar refractivity (Wildman–Crippen MR) is 128 cm³/mol. The molecule has 0 aliphatic carbocycles. The van der Waals surface area contributed by atoms with Crippen LogP contribution >= 0.6 is 0 Å². The number of aryl methyl sites for hydroxylation is 1. The lowest BCUT2D eigenvalue weighted by molar-refractivity contribution is -0.139. The summed E-state index contributed by atoms with van der Waals surface area (Å²) in [5.74, 6) is -3.40. The Balaban J connectivity index is 2.38. The summed E-state index contributed by atoms with van der Waals surface area (Å²) in [6, 6.07) is 9.05. The molecule has 2 amide bonds. The average Bonchev–Trinajstić information content (AvgIpc) is 2.77. The Labute approximate surface area is 199 Å². The lowest BCUT2D eigenvalue weighted by Crippen LogP contribution is -2.51. The van der Waals surface area contributed by atoms with E-state index in [1.54, 1.807) is 13.0 Å². The molecular weight excluding hydrogens is 464 g/mol. The van der Waals surface area contributed by atoms with E-state index in [4.69, 9.17) is 0 Å². The molecule has 0 heterocycles. The van der Waals surface area contributed by atoms with Crippen LogP contribution in [0.15, 0.2) is 42.5 Å². The van der Waals surface area contributed by atoms with E-state index in [1.165, 1.54) is 4.90 Å². The van der Waals surface area contributed by atoms with E-state index in [9.17, 15) is 26.8 Å². The van der Waals surface area contributed by atoms with Crippen LogP contribution in [0, 0.1) is 18.6 Å². The van der Waals surface area contributed by atoms with Gasteiger partial charge in [-0.2, -0.15) is 0 Å². The molecule has 0 fully saturated rings. The van der Waals surface area contributed by atoms with Crippen molar-refractivity contribution in [3.63, 3.8) is 0 Å². The maximum absolute atomic E-state index is 13.8. The minimum atomic E-state index is -4.02. The minimum absolute atomic E-state index is 0.0727. The van der Waals surface area contributed by atoms with E-state index in [-0.39, 0.29) is 18.1 Å². The lowest BCUT2D eigenvalue weighted by Gasteiger charge is -2.32. The van der Waals surface area contributed by atoms with Gasteiger partial charge < -0.3 is 10.2 Å². The van der Waals surface area contributed by atoms with Crippen LogP contribution in [-0.4, -0.2) is 50.5 Å². The van der Waals surface area contributed by atoms with Crippen LogP contribution in [0.5, 0.6) is 0 Å². The van der Waals surface area contributed by atoms with Crippen molar-refractivity contribution in [2.75, 3.05) is 23.7 Å². The molecule has 0 radical (unpaired) electrons. The molecule has 1 N–H and O–H groups in total. The van der Waals surface area contributed by atoms with Crippen molar-refractivity contribution in [3.05, 3.63) is 65.2 Å². The highest BCUT2D eigenvalue weighted by molar-refractivity contribution is 7.92. The molecule has 0 saturated carbocycles. The van der Waals surface area contributed by atoms with Gasteiger partial charge in [0.1, 0.15) is 12.6 Å². The summed E-state index contributed by atoms with van der Waals surface area (Å²) in [5.41, 5.74) is 1.51. The molecule has 2 aromatic rings. The summed E-state index contributed by atoms with van der Waals surface area (Å²) in [4.78, 5) is 27.4. The highest BCUT2D eigenvalue weighted by Gasteiger charge is 2.30. The minimum Gasteiger partial charge on any atom is -0.354 e. The quantitative estimate of drug-likeness (QED) is 0.485. The third kappa shape index (κ3) is 7.24. The number of anilines is 1. The number of carbonyl (C=O) groups excluding carboxylic acids is 2. The van der Waals surface area contributed by atoms with Gasteiger partial charge in [-0.3, -0.25) is 13.9 Å². The Bertz CT molecular complexity index is 1120. The molecular formula is C24H31F2N3O4S. The summed E-state index contributed by atoms with van der Waals surface area (Å²) in [6.45, 7) is 5.28. The third-order valence-corrected chi connectivity index (χ3v) is 6.61. The van der Waals surface area contributed by atoms with Gasteiger partial charge in [0.05, 0.1) is 11.9 Å². The van der Waals surface area contributed by atoms with Crippen LogP contribution in [-0.2, 0) is 26.2 Å². The number of unbranched alkanes of at least 4 members (excludes halogenated alkanes) is 1. The molecule has 2 aromatic carbocycles. The van der Waals surface area contributed by atoms with Gasteiger partial charge in [-0.15, -0.1) is 0 Å². The second-order valence-corrected chi connectivity index (χ2v) is 10.0. The standard InChI is InChI=1S/C24H31F2N3O4S/c1-5-6-13-27-24(31)18(3)28(15-19-10-8-7-9-17(19)2)23(30)16-29(34(4,32)33)20-11-12-21(25)22(26)14-20/h7-12,14,18H,5-6,13,15-16H2,1-4H3,(H,27,31)/t18-/m1/s1. The predicted octanol–water partition coefficient (Wildman–Crippen LogP) is 3.37. The number of halogens is 2. The number of rotatable bonds is 11. The lowest BCUT2D eigenvalue weighted by atomic mass is 10.1. The Morgan fingerprint density at radius 1 is 1.09 bits per heavy atom. The largest absolute Gasteiger partial charge is 0.354 e. The third-order valence-electron chi connectivity index (χ3n) is 5.47. The molecule has 0 saturated heterocycles. The molecule has 10 heteroatoms. The second kappa shape index (κ2) is 11.9. The van der Waals surface area contributed by atoms with Crippen molar-refractivity contribution in [1.29, 1.82) is 0 Å². The molecule has 0 bridgehead atoms. The number of nitrogens with one attached hydrogen (secondary N) is 1. The highest BCUT2D eigenvalue weighted by atomic mass is 32.2. The van der Waals surface area contributed by atoms with Gasteiger partial charge in [-0.05, 0) is 43.5 Å². The summed E-state index contributed by atoms with van der Waals surface area (Å²) in [7, 11) is -4.02. The Kier molecular flexibility index (Phi) is 9.55. The topological polar surface area (TPSA) is 86.8 Å². The SMILES string of the molecule is CCCCNC(=O)[C@@H](C)N(Cc1ccccc1C)C(=O)CN(c1ccc(F)c(F)c1)S(C)(=O)=O. The first kappa shape index (κ1) is 27.2. The number of carbonyl (C=O) groups is 2. The van der Waals surface area contributed by atoms with Crippen LogP contribution in [0.2, 0.25) is 0 Å². The molecule has 0 aliphatic heterocycles. The summed E-state index contributed by atoms with van der Waals surface area (Å²) < 4.78 is 52.8. The van der Waals surface area contributed by atoms with Gasteiger partial charge in [-0.25, -0.2) is 17.2 Å². The fourth-order valence-electron chi connectivity index (χ4n) is 3.34. The van der Waals surface area contributed by atoms with Crippen LogP contribution in [0.4, 0.5) is 14.5 Å². The van der Waals surface area contributed by atoms with Crippen LogP contribution in [0.3, 0.4) is 0 Å². The molecule has 0 spiro atoms. The van der Waals surface area contributed by atoms with Gasteiger partial charge in [0.15, 0.2) is 11.6 Å². The molecule has 0 aliphatic rings. The summed E-state index contributed by atoms with van der Waals surface area (Å²) in [6.07, 6.45) is 2.54. The zero-order valence-corrected chi connectivity index (χ0v) is 20.7. The van der Waals surface area contributed by atoms with Gasteiger partial charge in [0.25, 0.3) is 0 Å². The van der Waals surface area contributed by atoms with Crippen molar-refractivity contribution in [1.82, 2.24) is 10.2 Å². The molecule has 2 rings (SSSR count). The molecule has 1 atom stereocenters. The van der Waals surface area contributed by atoms with Crippen molar-refractivity contribution >= 4 is 27.5 Å². The monoisotopic (exact) mass is 495 g/mol. The zero-order valence-electron chi connectivity index (χ0n) is 19.8. The fourth-order valence-corrected chi connectivity index (χ4v) is 4.19. The molecule has 0 aromatic heterocycles. The van der Waals surface area contributed by atoms with E-state index in [0.29, 0.717) is 10.8 Å². The number of hydrogen-bond acceptors (Lipinski definition) is 4. The van der Waals surface area contributed by atoms with Crippen LogP contribution in [0.25, 0.3) is 0 Å². The van der Waals surface area contributed by atoms with Crippen LogP contribution in [0.1, 0.15) is 37.8 Å². The first-order chi connectivity index (χ1) is 16.0. The molecule has 7 nitrogen and oxygen atoms in total. The molecule has 0 unspecified atom stereocenters. The van der Waals surface area contributed by atoms with Crippen molar-refractivity contribution in [2.45, 2.75) is 46.2 Å². The zero-order chi connectivity index (χ0) is 25.5. The van der Waals surface area contributed by atoms with Gasteiger partial charge in [0, 0.05) is 19.2 Å². The molecule has 34 heavy (non-hydrogen) atoms. The Hall–Kier alpha value is -3.01. The molecule has 186 valence electrons. The van der Waals surface area contributed by atoms with Crippen molar-refractivity contribution in [2.24, 2.45) is 0 Å². The Morgan fingerprint density at radius 3 is 2.35 bits per heavy atom. The normalized spacial score (nSPS) is 12.2. The number of benzene rings is 2. The summed E-state index contributed by atoms with van der Waals surface area (Å²) >= 11 is 0. The van der Waals surface area contributed by atoms with E-state index in [1.807, 2.05) is 32.0 Å². The Morgan fingerprint density at radius 2 is 1.76 bits per heavy atom. The average molecular weight is 496 g/mol. The van der Waals surface area contributed by atoms with Gasteiger partial charge >= 0.3 is 0 Å². The maximum Gasteiger partial charge on any atom is 0.244 e. The second-order valence-electron chi connectivity index (χ2n) is 8.14. The number of sulfonamides is 1. The smallest absolute Gasteiger partial charge is 0.244 e. The highest BCUT2D eigenvalue weighted by Crippen LogP contribution is 2.22. The number of nitrogens with zero attached hydrogens (tertiary/aromatic N) is 2. The van der Waals surface area contributed by atoms with Gasteiger partial charge in [0.2, 0.25) is 21.8 Å². The van der Waals surface area contributed by atoms with Gasteiger partial charge in [-0.1, -0.05) is 37.6 Å².